The van der Waals surface area contributed by atoms with Crippen LogP contribution in [-0.2, 0) is 10.8 Å². The number of rotatable bonds is 4. The maximum atomic E-state index is 5.50. The third-order valence-electron chi connectivity index (χ3n) is 14.0. The lowest BCUT2D eigenvalue weighted by molar-refractivity contribution is 0.332. The highest BCUT2D eigenvalue weighted by molar-refractivity contribution is 7.25. The van der Waals surface area contributed by atoms with E-state index in [0.29, 0.717) is 17.6 Å². The standard InChI is InChI=1S/C57H43N5S/c1-56(2)28-29-57(3,4)46-33-48-44(32-45(46)56)43-27-26-42-39-18-10-12-20-47(39)62(52(42)51(43)61(48)38-16-6-5-7-17-38)55-59-53(36-23-22-34-14-8-9-15-35(34)30-36)58-54(60-55)37-24-25-41-40-19-11-13-21-49(40)63-50(41)31-37/h5-27,30-33H,28-29H2,1-4H3. The molecular formula is C57H43N5S. The zero-order valence-corrected chi connectivity index (χ0v) is 36.5. The molecule has 12 aromatic rings. The van der Waals surface area contributed by atoms with Gasteiger partial charge in [0.25, 0.3) is 0 Å². The van der Waals surface area contributed by atoms with Gasteiger partial charge < -0.3 is 4.57 Å². The Morgan fingerprint density at radius 2 is 1.02 bits per heavy atom. The molecule has 0 N–H and O–H groups in total. The molecule has 0 saturated heterocycles. The highest BCUT2D eigenvalue weighted by Gasteiger charge is 2.38. The van der Waals surface area contributed by atoms with Crippen molar-refractivity contribution in [2.75, 3.05) is 0 Å². The van der Waals surface area contributed by atoms with Crippen LogP contribution in [0.2, 0.25) is 0 Å². The van der Waals surface area contributed by atoms with Gasteiger partial charge in [0.2, 0.25) is 5.95 Å². The van der Waals surface area contributed by atoms with Crippen molar-refractivity contribution in [2.24, 2.45) is 0 Å². The molecule has 1 aliphatic rings. The first-order valence-electron chi connectivity index (χ1n) is 22.0. The molecule has 0 atom stereocenters. The van der Waals surface area contributed by atoms with E-state index in [9.17, 15) is 0 Å². The van der Waals surface area contributed by atoms with Gasteiger partial charge in [0, 0.05) is 58.5 Å². The highest BCUT2D eigenvalue weighted by atomic mass is 32.1. The molecule has 1 aliphatic carbocycles. The molecule has 0 bridgehead atoms. The minimum absolute atomic E-state index is 0.0561. The Hall–Kier alpha value is -7.15. The van der Waals surface area contributed by atoms with Crippen LogP contribution in [0.1, 0.15) is 51.7 Å². The second-order valence-electron chi connectivity index (χ2n) is 18.7. The number of hydrogen-bond acceptors (Lipinski definition) is 4. The number of aromatic nitrogens is 5. The molecule has 8 aromatic carbocycles. The first-order chi connectivity index (χ1) is 30.7. The first-order valence-corrected chi connectivity index (χ1v) is 22.8. The lowest BCUT2D eigenvalue weighted by atomic mass is 9.63. The van der Waals surface area contributed by atoms with Gasteiger partial charge in [-0.3, -0.25) is 4.57 Å². The molecule has 0 unspecified atom stereocenters. The number of hydrogen-bond donors (Lipinski definition) is 0. The molecule has 0 amide bonds. The number of nitrogens with zero attached hydrogens (tertiary/aromatic N) is 5. The fourth-order valence-electron chi connectivity index (χ4n) is 10.6. The molecule has 63 heavy (non-hydrogen) atoms. The van der Waals surface area contributed by atoms with Crippen LogP contribution in [0.5, 0.6) is 0 Å². The topological polar surface area (TPSA) is 48.5 Å². The summed E-state index contributed by atoms with van der Waals surface area (Å²) in [6, 6.07) is 59.6. The normalized spacial score (nSPS) is 14.8. The van der Waals surface area contributed by atoms with Gasteiger partial charge in [-0.05, 0) is 94.1 Å². The molecule has 6 heteroatoms. The van der Waals surface area contributed by atoms with Crippen LogP contribution in [0.4, 0.5) is 0 Å². The van der Waals surface area contributed by atoms with E-state index < -0.39 is 0 Å². The Labute approximate surface area is 368 Å². The van der Waals surface area contributed by atoms with Crippen LogP contribution in [0.25, 0.3) is 109 Å². The minimum Gasteiger partial charge on any atom is -0.307 e. The van der Waals surface area contributed by atoms with Crippen LogP contribution < -0.4 is 0 Å². The monoisotopic (exact) mass is 829 g/mol. The van der Waals surface area contributed by atoms with Gasteiger partial charge in [-0.15, -0.1) is 11.3 Å². The predicted molar refractivity (Wildman–Crippen MR) is 265 cm³/mol. The summed E-state index contributed by atoms with van der Waals surface area (Å²) in [6.45, 7) is 9.68. The zero-order valence-electron chi connectivity index (χ0n) is 35.6. The highest BCUT2D eigenvalue weighted by Crippen LogP contribution is 2.50. The van der Waals surface area contributed by atoms with Gasteiger partial charge in [-0.1, -0.05) is 143 Å². The lowest BCUT2D eigenvalue weighted by Gasteiger charge is -2.42. The van der Waals surface area contributed by atoms with E-state index >= 15 is 0 Å². The third kappa shape index (κ3) is 5.44. The van der Waals surface area contributed by atoms with Crippen molar-refractivity contribution in [3.63, 3.8) is 0 Å². The van der Waals surface area contributed by atoms with Crippen LogP contribution in [0.15, 0.2) is 164 Å². The van der Waals surface area contributed by atoms with Gasteiger partial charge in [-0.25, -0.2) is 4.98 Å². The molecular weight excluding hydrogens is 787 g/mol. The maximum absolute atomic E-state index is 5.50. The van der Waals surface area contributed by atoms with E-state index in [0.717, 1.165) is 62.4 Å². The van der Waals surface area contributed by atoms with Gasteiger partial charge in [-0.2, -0.15) is 9.97 Å². The Kier molecular flexibility index (Phi) is 7.64. The van der Waals surface area contributed by atoms with Crippen LogP contribution in [0, 0.1) is 0 Å². The molecule has 0 radical (unpaired) electrons. The molecule has 4 aromatic heterocycles. The molecule has 0 saturated carbocycles. The molecule has 0 spiro atoms. The minimum atomic E-state index is 0.0561. The van der Waals surface area contributed by atoms with Crippen molar-refractivity contribution < 1.29 is 0 Å². The Morgan fingerprint density at radius 3 is 1.81 bits per heavy atom. The molecule has 302 valence electrons. The lowest BCUT2D eigenvalue weighted by Crippen LogP contribution is -2.33. The SMILES string of the molecule is CC1(C)CCC(C)(C)c2cc3c(cc21)c1ccc2c4ccccc4n(-c4nc(-c5ccc6ccccc6c5)nc(-c5ccc6c(c5)sc5ccccc56)n4)c2c1n3-c1ccccc1. The van der Waals surface area contributed by atoms with Crippen molar-refractivity contribution >= 4 is 85.9 Å². The van der Waals surface area contributed by atoms with Crippen molar-refractivity contribution in [2.45, 2.75) is 51.4 Å². The van der Waals surface area contributed by atoms with Crippen molar-refractivity contribution in [3.05, 3.63) is 175 Å². The Balaban J connectivity index is 1.16. The summed E-state index contributed by atoms with van der Waals surface area (Å²) < 4.78 is 7.30. The van der Waals surface area contributed by atoms with Crippen molar-refractivity contribution in [3.8, 4) is 34.4 Å². The summed E-state index contributed by atoms with van der Waals surface area (Å²) in [5, 5.41) is 9.63. The number of thiophene rings is 1. The van der Waals surface area contributed by atoms with Gasteiger partial charge >= 0.3 is 0 Å². The van der Waals surface area contributed by atoms with Crippen molar-refractivity contribution in [1.82, 2.24) is 24.1 Å². The van der Waals surface area contributed by atoms with E-state index in [2.05, 4.69) is 201 Å². The van der Waals surface area contributed by atoms with Crippen LogP contribution in [-0.4, -0.2) is 24.1 Å². The first kappa shape index (κ1) is 36.5. The predicted octanol–water partition coefficient (Wildman–Crippen LogP) is 15.3. The van der Waals surface area contributed by atoms with Gasteiger partial charge in [0.1, 0.15) is 0 Å². The fourth-order valence-corrected chi connectivity index (χ4v) is 11.7. The summed E-state index contributed by atoms with van der Waals surface area (Å²) >= 11 is 1.81. The average molecular weight is 830 g/mol. The Morgan fingerprint density at radius 1 is 0.429 bits per heavy atom. The number of fused-ring (bicyclic) bond motifs is 12. The van der Waals surface area contributed by atoms with E-state index in [1.807, 2.05) is 11.3 Å². The molecule has 4 heterocycles. The van der Waals surface area contributed by atoms with Gasteiger partial charge in [0.05, 0.1) is 22.1 Å². The summed E-state index contributed by atoms with van der Waals surface area (Å²) in [6.07, 6.45) is 2.31. The second-order valence-corrected chi connectivity index (χ2v) is 19.8. The molecule has 0 aliphatic heterocycles. The van der Waals surface area contributed by atoms with E-state index in [1.54, 1.807) is 0 Å². The Bertz CT molecular complexity index is 3870. The molecule has 5 nitrogen and oxygen atoms in total. The third-order valence-corrected chi connectivity index (χ3v) is 15.1. The largest absolute Gasteiger partial charge is 0.307 e. The average Bonchev–Trinajstić information content (AvgIpc) is 3.97. The van der Waals surface area contributed by atoms with Crippen LogP contribution in [0.3, 0.4) is 0 Å². The summed E-state index contributed by atoms with van der Waals surface area (Å²) in [4.78, 5) is 16.3. The van der Waals surface area contributed by atoms with Crippen molar-refractivity contribution in [1.29, 1.82) is 0 Å². The summed E-state index contributed by atoms with van der Waals surface area (Å²) in [7, 11) is 0. The molecule has 0 fully saturated rings. The van der Waals surface area contributed by atoms with Gasteiger partial charge in [0.15, 0.2) is 11.6 Å². The number of benzene rings is 8. The van der Waals surface area contributed by atoms with E-state index in [-0.39, 0.29) is 10.8 Å². The summed E-state index contributed by atoms with van der Waals surface area (Å²) in [5.41, 5.74) is 10.5. The smallest absolute Gasteiger partial charge is 0.238 e. The summed E-state index contributed by atoms with van der Waals surface area (Å²) in [5.74, 6) is 1.86. The quantitative estimate of drug-likeness (QED) is 0.178. The van der Waals surface area contributed by atoms with Crippen LogP contribution >= 0.6 is 11.3 Å². The molecule has 13 rings (SSSR count). The maximum Gasteiger partial charge on any atom is 0.238 e. The fraction of sp³-hybridized carbons (Fsp3) is 0.140. The van der Waals surface area contributed by atoms with E-state index in [4.69, 9.17) is 15.0 Å². The van der Waals surface area contributed by atoms with E-state index in [1.165, 1.54) is 53.0 Å². The number of para-hydroxylation sites is 2. The second kappa shape index (κ2) is 13.2. The zero-order chi connectivity index (χ0) is 42.2.